The molecule has 0 fully saturated rings. The molecule has 2 aromatic carbocycles. The molecule has 2 N–H and O–H groups in total. The van der Waals surface area contributed by atoms with Gasteiger partial charge >= 0.3 is 5.97 Å². The number of aromatic amines is 1. The molecule has 0 aliphatic carbocycles. The van der Waals surface area contributed by atoms with E-state index in [1.807, 2.05) is 54.6 Å². The molecule has 1 amide bonds. The Morgan fingerprint density at radius 2 is 1.76 bits per heavy atom. The molecule has 0 radical (unpaired) electrons. The van der Waals surface area contributed by atoms with Crippen LogP contribution in [0, 0.1) is 0 Å². The van der Waals surface area contributed by atoms with Crippen molar-refractivity contribution in [1.82, 2.24) is 9.88 Å². The lowest BCUT2D eigenvalue weighted by atomic mass is 9.88. The summed E-state index contributed by atoms with van der Waals surface area (Å²) in [5, 5.41) is 10.8. The molecule has 2 heterocycles. The van der Waals surface area contributed by atoms with Crippen LogP contribution < -0.4 is 0 Å². The minimum Gasteiger partial charge on any atom is -0.480 e. The number of nitrogens with one attached hydrogen (secondary N) is 1. The minimum atomic E-state index is -0.980. The van der Waals surface area contributed by atoms with E-state index in [0.717, 1.165) is 27.7 Å². The highest BCUT2D eigenvalue weighted by Crippen LogP contribution is 2.40. The summed E-state index contributed by atoms with van der Waals surface area (Å²) < 4.78 is 0. The Bertz CT molecular complexity index is 961. The lowest BCUT2D eigenvalue weighted by Gasteiger charge is -2.39. The number of hydrogen-bond acceptors (Lipinski definition) is 2. The van der Waals surface area contributed by atoms with Crippen molar-refractivity contribution >= 4 is 22.8 Å². The van der Waals surface area contributed by atoms with Crippen LogP contribution in [0.2, 0.25) is 0 Å². The van der Waals surface area contributed by atoms with Gasteiger partial charge in [0.25, 0.3) is 0 Å². The molecule has 1 aliphatic rings. The first-order chi connectivity index (χ1) is 12.1. The highest BCUT2D eigenvalue weighted by atomic mass is 16.4. The minimum absolute atomic E-state index is 0.245. The van der Waals surface area contributed by atoms with Crippen LogP contribution in [0.4, 0.5) is 0 Å². The van der Waals surface area contributed by atoms with E-state index in [0.29, 0.717) is 6.42 Å². The molecule has 1 aliphatic heterocycles. The Hall–Kier alpha value is -3.08. The summed E-state index contributed by atoms with van der Waals surface area (Å²) in [7, 11) is 0. The van der Waals surface area contributed by atoms with Crippen LogP contribution >= 0.6 is 0 Å². The van der Waals surface area contributed by atoms with E-state index in [2.05, 4.69) is 4.98 Å². The molecule has 3 aromatic rings. The third kappa shape index (κ3) is 2.39. The molecular weight excluding hydrogens is 316 g/mol. The molecule has 25 heavy (non-hydrogen) atoms. The fourth-order valence-electron chi connectivity index (χ4n) is 3.86. The van der Waals surface area contributed by atoms with E-state index in [4.69, 9.17) is 0 Å². The van der Waals surface area contributed by atoms with E-state index in [-0.39, 0.29) is 5.91 Å². The van der Waals surface area contributed by atoms with Crippen LogP contribution in [0.15, 0.2) is 54.6 Å². The van der Waals surface area contributed by atoms with Crippen LogP contribution in [0.25, 0.3) is 10.9 Å². The van der Waals surface area contributed by atoms with Gasteiger partial charge in [-0.3, -0.25) is 4.79 Å². The average molecular weight is 334 g/mol. The van der Waals surface area contributed by atoms with E-state index in [1.165, 1.54) is 11.8 Å². The zero-order valence-corrected chi connectivity index (χ0v) is 13.8. The molecule has 1 aromatic heterocycles. The highest BCUT2D eigenvalue weighted by Gasteiger charge is 2.42. The molecule has 5 heteroatoms. The summed E-state index contributed by atoms with van der Waals surface area (Å²) in [5.74, 6) is -1.22. The van der Waals surface area contributed by atoms with Crippen molar-refractivity contribution in [2.45, 2.75) is 25.4 Å². The molecule has 0 saturated heterocycles. The predicted molar refractivity (Wildman–Crippen MR) is 94.2 cm³/mol. The molecule has 126 valence electrons. The summed E-state index contributed by atoms with van der Waals surface area (Å²) in [6.07, 6.45) is 0.303. The first kappa shape index (κ1) is 15.4. The van der Waals surface area contributed by atoms with Crippen LogP contribution in [0.1, 0.15) is 29.8 Å². The smallest absolute Gasteiger partial charge is 0.326 e. The number of rotatable bonds is 2. The van der Waals surface area contributed by atoms with Crippen molar-refractivity contribution in [3.05, 3.63) is 71.4 Å². The lowest BCUT2D eigenvalue weighted by molar-refractivity contribution is -0.151. The van der Waals surface area contributed by atoms with Gasteiger partial charge in [0.15, 0.2) is 0 Å². The second kappa shape index (κ2) is 5.77. The summed E-state index contributed by atoms with van der Waals surface area (Å²) in [6.45, 7) is 1.43. The van der Waals surface area contributed by atoms with Gasteiger partial charge < -0.3 is 15.0 Å². The van der Waals surface area contributed by atoms with Gasteiger partial charge in [0, 0.05) is 29.9 Å². The molecule has 0 bridgehead atoms. The number of aromatic nitrogens is 1. The van der Waals surface area contributed by atoms with Crippen molar-refractivity contribution in [2.75, 3.05) is 0 Å². The number of para-hydroxylation sites is 1. The van der Waals surface area contributed by atoms with Crippen LogP contribution in [0.3, 0.4) is 0 Å². The summed E-state index contributed by atoms with van der Waals surface area (Å²) in [5.41, 5.74) is 3.74. The number of carboxylic acids is 1. The zero-order chi connectivity index (χ0) is 17.6. The Morgan fingerprint density at radius 3 is 2.44 bits per heavy atom. The van der Waals surface area contributed by atoms with Crippen LogP contribution in [0.5, 0.6) is 0 Å². The SMILES string of the molecule is CC(=O)N1C(C(=O)O)Cc2c([nH]c3ccccc23)C1c1ccccc1. The number of carboxylic acid groups (broad SMARTS) is 1. The van der Waals surface area contributed by atoms with E-state index in [1.54, 1.807) is 0 Å². The van der Waals surface area contributed by atoms with Gasteiger partial charge in [-0.1, -0.05) is 48.5 Å². The normalized spacial score (nSPS) is 19.6. The molecule has 4 rings (SSSR count). The van der Waals surface area contributed by atoms with Gasteiger partial charge in [0.05, 0.1) is 6.04 Å². The number of benzene rings is 2. The number of nitrogens with zero attached hydrogens (tertiary/aromatic N) is 1. The monoisotopic (exact) mass is 334 g/mol. The van der Waals surface area contributed by atoms with Crippen molar-refractivity contribution in [2.24, 2.45) is 0 Å². The summed E-state index contributed by atoms with van der Waals surface area (Å²) >= 11 is 0. The first-order valence-electron chi connectivity index (χ1n) is 8.24. The Morgan fingerprint density at radius 1 is 1.08 bits per heavy atom. The lowest BCUT2D eigenvalue weighted by Crippen LogP contribution is -2.50. The summed E-state index contributed by atoms with van der Waals surface area (Å²) in [4.78, 5) is 29.2. The molecule has 5 nitrogen and oxygen atoms in total. The topological polar surface area (TPSA) is 73.4 Å². The van der Waals surface area contributed by atoms with Crippen molar-refractivity contribution < 1.29 is 14.7 Å². The maximum Gasteiger partial charge on any atom is 0.326 e. The maximum atomic E-state index is 12.4. The van der Waals surface area contributed by atoms with Gasteiger partial charge in [-0.15, -0.1) is 0 Å². The number of carbonyl (C=O) groups excluding carboxylic acids is 1. The highest BCUT2D eigenvalue weighted by molar-refractivity contribution is 5.89. The number of fused-ring (bicyclic) bond motifs is 3. The third-order valence-electron chi connectivity index (χ3n) is 4.90. The first-order valence-corrected chi connectivity index (χ1v) is 8.24. The molecule has 2 atom stereocenters. The quantitative estimate of drug-likeness (QED) is 0.756. The number of amides is 1. The van der Waals surface area contributed by atoms with Gasteiger partial charge in [-0.05, 0) is 17.2 Å². The Balaban J connectivity index is 2.00. The zero-order valence-electron chi connectivity index (χ0n) is 13.8. The fraction of sp³-hybridized carbons (Fsp3) is 0.200. The Kier molecular flexibility index (Phi) is 3.57. The summed E-state index contributed by atoms with van der Waals surface area (Å²) in [6, 6.07) is 16.1. The predicted octanol–water partition coefficient (Wildman–Crippen LogP) is 3.12. The van der Waals surface area contributed by atoms with Gasteiger partial charge in [-0.2, -0.15) is 0 Å². The largest absolute Gasteiger partial charge is 0.480 e. The van der Waals surface area contributed by atoms with Gasteiger partial charge in [-0.25, -0.2) is 4.79 Å². The van der Waals surface area contributed by atoms with E-state index in [9.17, 15) is 14.7 Å². The molecule has 2 unspecified atom stereocenters. The van der Waals surface area contributed by atoms with Gasteiger partial charge in [0.1, 0.15) is 6.04 Å². The van der Waals surface area contributed by atoms with Crippen LogP contribution in [-0.2, 0) is 16.0 Å². The average Bonchev–Trinajstić information content (AvgIpc) is 2.99. The number of aliphatic carboxylic acids is 1. The number of hydrogen-bond donors (Lipinski definition) is 2. The second-order valence-corrected chi connectivity index (χ2v) is 6.36. The van der Waals surface area contributed by atoms with Crippen molar-refractivity contribution in [3.8, 4) is 0 Å². The molecule has 0 saturated carbocycles. The van der Waals surface area contributed by atoms with E-state index >= 15 is 0 Å². The maximum absolute atomic E-state index is 12.4. The second-order valence-electron chi connectivity index (χ2n) is 6.36. The van der Waals surface area contributed by atoms with Crippen LogP contribution in [-0.4, -0.2) is 32.9 Å². The van der Waals surface area contributed by atoms with Gasteiger partial charge in [0.2, 0.25) is 5.91 Å². The van der Waals surface area contributed by atoms with E-state index < -0.39 is 18.1 Å². The number of H-pyrrole nitrogens is 1. The number of carbonyl (C=O) groups is 2. The Labute approximate surface area is 144 Å². The molecule has 0 spiro atoms. The standard InChI is InChI=1S/C20H18N2O3/c1-12(23)22-17(20(24)25)11-15-14-9-5-6-10-16(14)21-18(15)19(22)13-7-3-2-4-8-13/h2-10,17,19,21H,11H2,1H3,(H,24,25). The van der Waals surface area contributed by atoms with Crippen molar-refractivity contribution in [3.63, 3.8) is 0 Å². The molecular formula is C20H18N2O3. The third-order valence-corrected chi connectivity index (χ3v) is 4.90. The van der Waals surface area contributed by atoms with Crippen molar-refractivity contribution in [1.29, 1.82) is 0 Å². The fourth-order valence-corrected chi connectivity index (χ4v) is 3.86.